The zero-order chi connectivity index (χ0) is 17.6. The highest BCUT2D eigenvalue weighted by molar-refractivity contribution is 5.93. The largest absolute Gasteiger partial charge is 0.353 e. The Hall–Kier alpha value is -1.95. The first-order chi connectivity index (χ1) is 12.2. The Kier molecular flexibility index (Phi) is 6.02. The number of anilines is 1. The van der Waals surface area contributed by atoms with Crippen molar-refractivity contribution in [2.75, 3.05) is 12.4 Å². The van der Waals surface area contributed by atoms with Crippen LogP contribution in [0.25, 0.3) is 0 Å². The molecule has 1 aromatic rings. The predicted octanol–water partition coefficient (Wildman–Crippen LogP) is 2.08. The Morgan fingerprint density at radius 3 is 2.60 bits per heavy atom. The lowest BCUT2D eigenvalue weighted by atomic mass is 9.80. The molecule has 3 rings (SSSR count). The van der Waals surface area contributed by atoms with Gasteiger partial charge in [0, 0.05) is 24.2 Å². The third-order valence-corrected chi connectivity index (χ3v) is 5.56. The average molecular weight is 344 g/mol. The van der Waals surface area contributed by atoms with Gasteiger partial charge in [-0.2, -0.15) is 0 Å². The second kappa shape index (κ2) is 8.43. The Balaban J connectivity index is 1.59. The molecule has 2 aliphatic carbocycles. The fraction of sp³-hybridized carbons (Fsp3) is 0.632. The summed E-state index contributed by atoms with van der Waals surface area (Å²) in [6, 6.07) is 3.86. The van der Waals surface area contributed by atoms with Crippen LogP contribution in [0.4, 0.5) is 5.69 Å². The van der Waals surface area contributed by atoms with Crippen LogP contribution in [0.3, 0.4) is 0 Å². The van der Waals surface area contributed by atoms with E-state index in [-0.39, 0.29) is 35.7 Å². The number of rotatable bonds is 5. The van der Waals surface area contributed by atoms with E-state index in [0.29, 0.717) is 12.1 Å². The van der Waals surface area contributed by atoms with Gasteiger partial charge in [-0.25, -0.2) is 0 Å². The van der Waals surface area contributed by atoms with Gasteiger partial charge in [-0.1, -0.05) is 12.8 Å². The summed E-state index contributed by atoms with van der Waals surface area (Å²) >= 11 is 0. The molecule has 2 aliphatic rings. The van der Waals surface area contributed by atoms with Crippen molar-refractivity contribution in [2.24, 2.45) is 11.8 Å². The summed E-state index contributed by atoms with van der Waals surface area (Å²) in [6.45, 7) is 0. The van der Waals surface area contributed by atoms with E-state index in [1.807, 2.05) is 13.1 Å². The molecule has 0 bridgehead atoms. The van der Waals surface area contributed by atoms with Gasteiger partial charge in [-0.15, -0.1) is 0 Å². The molecular formula is C19H28N4O2. The zero-order valence-electron chi connectivity index (χ0n) is 14.8. The number of nitrogens with one attached hydrogen (secondary N) is 3. The molecule has 0 spiro atoms. The lowest BCUT2D eigenvalue weighted by molar-refractivity contribution is -0.127. The molecule has 1 aromatic heterocycles. The number of pyridine rings is 1. The highest BCUT2D eigenvalue weighted by atomic mass is 16.2. The normalized spacial score (nSPS) is 27.0. The minimum atomic E-state index is -0.159. The Morgan fingerprint density at radius 1 is 1.12 bits per heavy atom. The van der Waals surface area contributed by atoms with Crippen LogP contribution in [-0.2, 0) is 9.59 Å². The van der Waals surface area contributed by atoms with E-state index < -0.39 is 0 Å². The summed E-state index contributed by atoms with van der Waals surface area (Å²) in [7, 11) is 1.90. The first-order valence-corrected chi connectivity index (χ1v) is 9.36. The third-order valence-electron chi connectivity index (χ3n) is 5.56. The predicted molar refractivity (Wildman–Crippen MR) is 96.9 cm³/mol. The summed E-state index contributed by atoms with van der Waals surface area (Å²) in [4.78, 5) is 29.2. The molecule has 25 heavy (non-hydrogen) atoms. The first kappa shape index (κ1) is 17.9. The van der Waals surface area contributed by atoms with Crippen LogP contribution in [0, 0.1) is 11.8 Å². The maximum Gasteiger partial charge on any atom is 0.229 e. The van der Waals surface area contributed by atoms with Crippen molar-refractivity contribution in [3.63, 3.8) is 0 Å². The quantitative estimate of drug-likeness (QED) is 0.764. The number of carbonyl (C=O) groups excluding carboxylic acids is 2. The number of hydrogen-bond donors (Lipinski definition) is 3. The first-order valence-electron chi connectivity index (χ1n) is 9.36. The van der Waals surface area contributed by atoms with Gasteiger partial charge in [0.15, 0.2) is 0 Å². The van der Waals surface area contributed by atoms with Crippen molar-refractivity contribution >= 4 is 17.5 Å². The molecule has 1 heterocycles. The monoisotopic (exact) mass is 344 g/mol. The van der Waals surface area contributed by atoms with Crippen LogP contribution in [0.2, 0.25) is 0 Å². The molecule has 6 heteroatoms. The van der Waals surface area contributed by atoms with Crippen LogP contribution in [0.15, 0.2) is 24.5 Å². The van der Waals surface area contributed by atoms with Crippen molar-refractivity contribution < 1.29 is 9.59 Å². The molecule has 0 saturated heterocycles. The van der Waals surface area contributed by atoms with Crippen molar-refractivity contribution in [1.29, 1.82) is 0 Å². The molecule has 6 nitrogen and oxygen atoms in total. The molecule has 3 N–H and O–H groups in total. The van der Waals surface area contributed by atoms with E-state index in [1.54, 1.807) is 18.5 Å². The number of carbonyl (C=O) groups is 2. The molecular weight excluding hydrogens is 316 g/mol. The lowest BCUT2D eigenvalue weighted by Gasteiger charge is -2.35. The van der Waals surface area contributed by atoms with Crippen molar-refractivity contribution in [3.8, 4) is 0 Å². The molecule has 0 aromatic carbocycles. The van der Waals surface area contributed by atoms with E-state index in [2.05, 4.69) is 20.9 Å². The van der Waals surface area contributed by atoms with Crippen molar-refractivity contribution in [2.45, 2.75) is 57.0 Å². The average Bonchev–Trinajstić information content (AvgIpc) is 3.17. The minimum absolute atomic E-state index is 0.00725. The Labute approximate surface area is 149 Å². The number of nitrogens with zero attached hydrogens (tertiary/aromatic N) is 1. The highest BCUT2D eigenvalue weighted by Gasteiger charge is 2.36. The van der Waals surface area contributed by atoms with Crippen molar-refractivity contribution in [3.05, 3.63) is 24.5 Å². The second-order valence-corrected chi connectivity index (χ2v) is 7.23. The van der Waals surface area contributed by atoms with Crippen LogP contribution >= 0.6 is 0 Å². The molecule has 136 valence electrons. The van der Waals surface area contributed by atoms with Gasteiger partial charge in [0.25, 0.3) is 0 Å². The third kappa shape index (κ3) is 4.57. The SMILES string of the molecule is CNC1CCC(NC(=O)C2CCCC2)CC1C(=O)Nc1cccnc1. The van der Waals surface area contributed by atoms with Gasteiger partial charge in [0.05, 0.1) is 17.8 Å². The standard InChI is InChI=1S/C19H28N4O2/c1-20-17-9-8-14(22-18(24)13-5-2-3-6-13)11-16(17)19(25)23-15-7-4-10-21-12-15/h4,7,10,12-14,16-17,20H,2-3,5-6,8-9,11H2,1H3,(H,22,24)(H,23,25). The van der Waals surface area contributed by atoms with E-state index in [0.717, 1.165) is 38.5 Å². The van der Waals surface area contributed by atoms with E-state index in [1.165, 1.54) is 0 Å². The van der Waals surface area contributed by atoms with E-state index in [9.17, 15) is 9.59 Å². The molecule has 0 aliphatic heterocycles. The fourth-order valence-electron chi connectivity index (χ4n) is 4.12. The smallest absolute Gasteiger partial charge is 0.229 e. The molecule has 0 radical (unpaired) electrons. The minimum Gasteiger partial charge on any atom is -0.353 e. The topological polar surface area (TPSA) is 83.1 Å². The molecule has 2 fully saturated rings. The Bertz CT molecular complexity index is 586. The molecule has 2 saturated carbocycles. The van der Waals surface area contributed by atoms with E-state index in [4.69, 9.17) is 0 Å². The van der Waals surface area contributed by atoms with Crippen molar-refractivity contribution in [1.82, 2.24) is 15.6 Å². The maximum absolute atomic E-state index is 12.7. The number of amides is 2. The molecule has 3 unspecified atom stereocenters. The lowest BCUT2D eigenvalue weighted by Crippen LogP contribution is -2.50. The van der Waals surface area contributed by atoms with Crippen LogP contribution in [0.5, 0.6) is 0 Å². The van der Waals surface area contributed by atoms with Crippen LogP contribution < -0.4 is 16.0 Å². The second-order valence-electron chi connectivity index (χ2n) is 7.23. The van der Waals surface area contributed by atoms with Crippen LogP contribution in [0.1, 0.15) is 44.9 Å². The Morgan fingerprint density at radius 2 is 1.92 bits per heavy atom. The van der Waals surface area contributed by atoms with E-state index >= 15 is 0 Å². The number of aromatic nitrogens is 1. The van der Waals surface area contributed by atoms with Gasteiger partial charge in [-0.05, 0) is 51.3 Å². The summed E-state index contributed by atoms with van der Waals surface area (Å²) in [5.74, 6) is 0.182. The van der Waals surface area contributed by atoms with Gasteiger partial charge >= 0.3 is 0 Å². The molecule has 2 amide bonds. The highest BCUT2D eigenvalue weighted by Crippen LogP contribution is 2.28. The molecule has 3 atom stereocenters. The summed E-state index contributed by atoms with van der Waals surface area (Å²) in [6.07, 6.45) is 10.1. The van der Waals surface area contributed by atoms with Crippen LogP contribution in [-0.4, -0.2) is 35.9 Å². The zero-order valence-corrected chi connectivity index (χ0v) is 14.8. The maximum atomic E-state index is 12.7. The summed E-state index contributed by atoms with van der Waals surface area (Å²) in [5, 5.41) is 9.41. The summed E-state index contributed by atoms with van der Waals surface area (Å²) < 4.78 is 0. The van der Waals surface area contributed by atoms with Gasteiger partial charge in [-0.3, -0.25) is 14.6 Å². The van der Waals surface area contributed by atoms with Gasteiger partial charge in [0.1, 0.15) is 0 Å². The van der Waals surface area contributed by atoms with Gasteiger partial charge < -0.3 is 16.0 Å². The summed E-state index contributed by atoms with van der Waals surface area (Å²) in [5.41, 5.74) is 0.708. The fourth-order valence-corrected chi connectivity index (χ4v) is 4.12. The number of hydrogen-bond acceptors (Lipinski definition) is 4. The van der Waals surface area contributed by atoms with Gasteiger partial charge in [0.2, 0.25) is 11.8 Å².